The molecule has 0 saturated carbocycles. The Kier molecular flexibility index (Phi) is 18.0. The van der Waals surface area contributed by atoms with Crippen molar-refractivity contribution in [3.05, 3.63) is 48.6 Å². The molecule has 0 heterocycles. The average molecular weight is 406 g/mol. The van der Waals surface area contributed by atoms with Gasteiger partial charge in [0.15, 0.2) is 0 Å². The van der Waals surface area contributed by atoms with Crippen LogP contribution in [0.5, 0.6) is 0 Å². The molecule has 0 atom stereocenters. The maximum absolute atomic E-state index is 9.75. The molecule has 0 nitrogen and oxygen atoms in total. The van der Waals surface area contributed by atoms with Crippen LogP contribution in [0, 0.1) is 0 Å². The summed E-state index contributed by atoms with van der Waals surface area (Å²) in [7, 11) is -6.00. The quantitative estimate of drug-likeness (QED) is 0.240. The third-order valence-corrected chi connectivity index (χ3v) is 2.67. The fourth-order valence-electron chi connectivity index (χ4n) is 1.71. The van der Waals surface area contributed by atoms with Crippen LogP contribution in [0.25, 0.3) is 0 Å². The first-order valence-corrected chi connectivity index (χ1v) is 7.47. The summed E-state index contributed by atoms with van der Waals surface area (Å²) in [6.07, 6.45) is 28.0. The van der Waals surface area contributed by atoms with Gasteiger partial charge in [-0.25, -0.2) is 0 Å². The molecule has 0 fully saturated rings. The largest absolute Gasteiger partial charge is 1.00 e. The average Bonchev–Trinajstić information content (AvgIpc) is 2.24. The number of hydrogen-bond acceptors (Lipinski definition) is 0. The molecule has 0 aliphatic heterocycles. The van der Waals surface area contributed by atoms with Gasteiger partial charge in [-0.15, -0.1) is 0 Å². The Labute approximate surface area is 144 Å². The van der Waals surface area contributed by atoms with Crippen LogP contribution in [0.1, 0.15) is 51.4 Å². The fourth-order valence-corrected chi connectivity index (χ4v) is 1.71. The van der Waals surface area contributed by atoms with E-state index in [4.69, 9.17) is 0 Å². The van der Waals surface area contributed by atoms with E-state index in [0.717, 1.165) is 0 Å². The van der Waals surface area contributed by atoms with Crippen molar-refractivity contribution in [2.24, 2.45) is 0 Å². The molecule has 2 aliphatic carbocycles. The molecular formula is C16H24BF4Rh. The van der Waals surface area contributed by atoms with Crippen LogP contribution in [0.4, 0.5) is 17.3 Å². The van der Waals surface area contributed by atoms with Crippen molar-refractivity contribution in [1.29, 1.82) is 0 Å². The number of hydrogen-bond donors (Lipinski definition) is 0. The summed E-state index contributed by atoms with van der Waals surface area (Å²) in [5.74, 6) is 0. The Bertz CT molecular complexity index is 261. The number of halogens is 4. The first-order chi connectivity index (χ1) is 10.0. The number of allylic oxidation sites excluding steroid dienone is 8. The Morgan fingerprint density at radius 3 is 0.591 bits per heavy atom. The maximum atomic E-state index is 9.75. The van der Waals surface area contributed by atoms with E-state index in [9.17, 15) is 17.3 Å². The Balaban J connectivity index is 0. The van der Waals surface area contributed by atoms with E-state index in [1.807, 2.05) is 0 Å². The summed E-state index contributed by atoms with van der Waals surface area (Å²) < 4.78 is 39.0. The minimum atomic E-state index is -6.00. The molecule has 0 unspecified atom stereocenters. The van der Waals surface area contributed by atoms with Crippen LogP contribution in [0.15, 0.2) is 48.6 Å². The van der Waals surface area contributed by atoms with Gasteiger partial charge in [0.25, 0.3) is 0 Å². The van der Waals surface area contributed by atoms with Crippen molar-refractivity contribution in [3.63, 3.8) is 0 Å². The van der Waals surface area contributed by atoms with E-state index in [0.29, 0.717) is 0 Å². The van der Waals surface area contributed by atoms with Crippen LogP contribution in [0.3, 0.4) is 0 Å². The van der Waals surface area contributed by atoms with Gasteiger partial charge in [-0.1, -0.05) is 48.6 Å². The summed E-state index contributed by atoms with van der Waals surface area (Å²) in [6.45, 7) is 0. The molecule has 2 rings (SSSR count). The van der Waals surface area contributed by atoms with Crippen molar-refractivity contribution in [1.82, 2.24) is 0 Å². The third kappa shape index (κ3) is 27.7. The standard InChI is InChI=1S/2C8H12.BF4.Rh/c2*1-2-4-6-8-7-5-3-1;2-1(3,4)5;/h2*1-2,7-8H,3-6H2;;/q;;-1;+1/b2*2-1-,8-7-;;. The molecule has 0 radical (unpaired) electrons. The van der Waals surface area contributed by atoms with E-state index >= 15 is 0 Å². The smallest absolute Gasteiger partial charge is 0.418 e. The molecule has 0 aromatic rings. The Morgan fingerprint density at radius 2 is 0.500 bits per heavy atom. The summed E-state index contributed by atoms with van der Waals surface area (Å²) in [5.41, 5.74) is 0. The molecule has 22 heavy (non-hydrogen) atoms. The molecule has 0 aromatic heterocycles. The van der Waals surface area contributed by atoms with Gasteiger partial charge in [-0.2, -0.15) is 0 Å². The van der Waals surface area contributed by atoms with Crippen LogP contribution in [-0.2, 0) is 19.5 Å². The van der Waals surface area contributed by atoms with Crippen LogP contribution >= 0.6 is 0 Å². The van der Waals surface area contributed by atoms with Gasteiger partial charge in [-0.05, 0) is 51.4 Å². The van der Waals surface area contributed by atoms with Crippen LogP contribution in [-0.4, -0.2) is 7.25 Å². The Hall–Kier alpha value is -0.632. The zero-order chi connectivity index (χ0) is 15.8. The van der Waals surface area contributed by atoms with Crippen molar-refractivity contribution in [2.75, 3.05) is 0 Å². The second-order valence-corrected chi connectivity index (χ2v) is 4.69. The zero-order valence-electron chi connectivity index (χ0n) is 12.7. The van der Waals surface area contributed by atoms with Crippen LogP contribution < -0.4 is 0 Å². The van der Waals surface area contributed by atoms with Gasteiger partial charge in [0.05, 0.1) is 0 Å². The van der Waals surface area contributed by atoms with Crippen molar-refractivity contribution in [3.8, 4) is 0 Å². The van der Waals surface area contributed by atoms with E-state index in [-0.39, 0.29) is 19.5 Å². The summed E-state index contributed by atoms with van der Waals surface area (Å²) in [6, 6.07) is 0. The van der Waals surface area contributed by atoms with Gasteiger partial charge in [0.1, 0.15) is 0 Å². The molecule has 0 aromatic carbocycles. The predicted octanol–water partition coefficient (Wildman–Crippen LogP) is 6.64. The minimum absolute atomic E-state index is 0. The molecule has 0 amide bonds. The first-order valence-electron chi connectivity index (χ1n) is 7.47. The zero-order valence-corrected chi connectivity index (χ0v) is 14.3. The van der Waals surface area contributed by atoms with Gasteiger partial charge in [-0.3, -0.25) is 0 Å². The van der Waals surface area contributed by atoms with Crippen molar-refractivity contribution in [2.45, 2.75) is 51.4 Å². The predicted molar refractivity (Wildman–Crippen MR) is 83.7 cm³/mol. The van der Waals surface area contributed by atoms with Crippen molar-refractivity contribution >= 4 is 7.25 Å². The topological polar surface area (TPSA) is 0 Å². The molecule has 2 aliphatic rings. The van der Waals surface area contributed by atoms with Gasteiger partial charge in [0, 0.05) is 0 Å². The summed E-state index contributed by atoms with van der Waals surface area (Å²) >= 11 is 0. The van der Waals surface area contributed by atoms with Gasteiger partial charge in [0.2, 0.25) is 0 Å². The summed E-state index contributed by atoms with van der Waals surface area (Å²) in [5, 5.41) is 0. The third-order valence-electron chi connectivity index (χ3n) is 2.67. The maximum Gasteiger partial charge on any atom is 1.00 e. The molecule has 128 valence electrons. The van der Waals surface area contributed by atoms with E-state index in [1.54, 1.807) is 0 Å². The fraction of sp³-hybridized carbons (Fsp3) is 0.500. The first kappa shape index (κ1) is 23.6. The van der Waals surface area contributed by atoms with Gasteiger partial charge < -0.3 is 17.3 Å². The van der Waals surface area contributed by atoms with E-state index in [1.165, 1.54) is 51.4 Å². The summed E-state index contributed by atoms with van der Waals surface area (Å²) in [4.78, 5) is 0. The monoisotopic (exact) mass is 406 g/mol. The second-order valence-electron chi connectivity index (χ2n) is 4.69. The SMILES string of the molecule is C1=C\CC/C=C\CC/1.C1=C\CC/C=C\CC/1.F[B-](F)(F)F.[Rh+]. The van der Waals surface area contributed by atoms with E-state index in [2.05, 4.69) is 48.6 Å². The Morgan fingerprint density at radius 1 is 0.409 bits per heavy atom. The minimum Gasteiger partial charge on any atom is -0.418 e. The molecular weight excluding hydrogens is 382 g/mol. The van der Waals surface area contributed by atoms with Gasteiger partial charge >= 0.3 is 26.7 Å². The molecule has 6 heteroatoms. The molecule has 0 spiro atoms. The molecule has 0 bridgehead atoms. The second kappa shape index (κ2) is 16.7. The molecule has 0 saturated heterocycles. The van der Waals surface area contributed by atoms with Crippen molar-refractivity contribution < 1.29 is 36.7 Å². The van der Waals surface area contributed by atoms with Crippen LogP contribution in [0.2, 0.25) is 0 Å². The normalized spacial score (nSPS) is 23.1. The van der Waals surface area contributed by atoms with E-state index < -0.39 is 7.25 Å². The number of rotatable bonds is 0. The molecule has 0 N–H and O–H groups in total.